The van der Waals surface area contributed by atoms with Crippen molar-refractivity contribution < 1.29 is 18.7 Å². The molecule has 0 bridgehead atoms. The second-order valence-corrected chi connectivity index (χ2v) is 8.23. The third-order valence-electron chi connectivity index (χ3n) is 6.54. The van der Waals surface area contributed by atoms with Crippen LogP contribution in [0.1, 0.15) is 41.4 Å². The van der Waals surface area contributed by atoms with Gasteiger partial charge in [-0.25, -0.2) is 4.39 Å². The lowest BCUT2D eigenvalue weighted by Gasteiger charge is -2.47. The molecule has 8 heteroatoms. The average molecular weight is 412 g/mol. The Bertz CT molecular complexity index is 1050. The molecule has 2 heterocycles. The summed E-state index contributed by atoms with van der Waals surface area (Å²) in [6.45, 7) is 3.12. The van der Waals surface area contributed by atoms with Gasteiger partial charge in [0.2, 0.25) is 0 Å². The summed E-state index contributed by atoms with van der Waals surface area (Å²) in [5.41, 5.74) is 9.21. The van der Waals surface area contributed by atoms with Gasteiger partial charge in [-0.05, 0) is 48.1 Å². The molecule has 1 aliphatic heterocycles. The van der Waals surface area contributed by atoms with E-state index < -0.39 is 5.79 Å². The van der Waals surface area contributed by atoms with Crippen molar-refractivity contribution in [1.82, 2.24) is 9.78 Å². The number of carbonyl (C=O) groups is 1. The smallest absolute Gasteiger partial charge is 0.261 e. The van der Waals surface area contributed by atoms with Crippen molar-refractivity contribution in [2.24, 2.45) is 18.9 Å². The van der Waals surface area contributed by atoms with E-state index in [1.807, 2.05) is 6.92 Å². The van der Waals surface area contributed by atoms with Gasteiger partial charge in [0.1, 0.15) is 22.9 Å². The monoisotopic (exact) mass is 412 g/mol. The first-order valence-corrected chi connectivity index (χ1v) is 10.3. The van der Waals surface area contributed by atoms with Crippen molar-refractivity contribution in [3.05, 3.63) is 46.9 Å². The van der Waals surface area contributed by atoms with E-state index in [0.29, 0.717) is 53.9 Å². The summed E-state index contributed by atoms with van der Waals surface area (Å²) in [5, 5.41) is 7.38. The van der Waals surface area contributed by atoms with Gasteiger partial charge < -0.3 is 20.5 Å². The fourth-order valence-electron chi connectivity index (χ4n) is 4.91. The highest BCUT2D eigenvalue weighted by Crippen LogP contribution is 2.58. The number of allylic oxidation sites excluding steroid dienone is 2. The summed E-state index contributed by atoms with van der Waals surface area (Å²) in [7, 11) is 1.72. The van der Waals surface area contributed by atoms with E-state index in [4.69, 9.17) is 15.2 Å². The first-order chi connectivity index (χ1) is 14.4. The summed E-state index contributed by atoms with van der Waals surface area (Å²) in [6, 6.07) is 4.56. The summed E-state index contributed by atoms with van der Waals surface area (Å²) in [5.74, 6) is -0.208. The van der Waals surface area contributed by atoms with E-state index in [2.05, 4.69) is 16.5 Å². The highest BCUT2D eigenvalue weighted by Gasteiger charge is 2.59. The van der Waals surface area contributed by atoms with Crippen LogP contribution in [0.5, 0.6) is 0 Å². The predicted molar refractivity (Wildman–Crippen MR) is 110 cm³/mol. The molecule has 1 saturated carbocycles. The number of halogens is 1. The number of anilines is 2. The van der Waals surface area contributed by atoms with Gasteiger partial charge in [0, 0.05) is 25.1 Å². The highest BCUT2D eigenvalue weighted by atomic mass is 19.1. The Kier molecular flexibility index (Phi) is 4.44. The zero-order valence-electron chi connectivity index (χ0n) is 17.1. The number of ether oxygens (including phenoxy) is 2. The van der Waals surface area contributed by atoms with E-state index >= 15 is 0 Å². The fraction of sp³-hybridized carbons (Fsp3) is 0.455. The summed E-state index contributed by atoms with van der Waals surface area (Å²) < 4.78 is 27.1. The normalized spacial score (nSPS) is 23.9. The number of nitrogens with zero attached hydrogens (tertiary/aromatic N) is 2. The molecule has 2 aliphatic carbocycles. The maximum atomic E-state index is 13.8. The zero-order valence-corrected chi connectivity index (χ0v) is 17.1. The Hall–Kier alpha value is -2.71. The molecule has 1 aromatic carbocycles. The minimum atomic E-state index is -0.476. The molecular weight excluding hydrogens is 387 g/mol. The fourth-order valence-corrected chi connectivity index (χ4v) is 4.91. The van der Waals surface area contributed by atoms with Gasteiger partial charge in [0.25, 0.3) is 5.91 Å². The van der Waals surface area contributed by atoms with Crippen LogP contribution in [-0.4, -0.2) is 34.7 Å². The van der Waals surface area contributed by atoms with Gasteiger partial charge in [0.15, 0.2) is 5.79 Å². The molecule has 0 radical (unpaired) electrons. The minimum absolute atomic E-state index is 0.248. The second-order valence-electron chi connectivity index (χ2n) is 8.23. The molecule has 158 valence electrons. The van der Waals surface area contributed by atoms with Crippen LogP contribution >= 0.6 is 0 Å². The molecule has 1 amide bonds. The SMILES string of the molecule is CCc1cc(NC(=O)c2c(C3=CC4CC5(OCCO5)C4C3)nn(C)c2N)ccc1F. The molecule has 1 spiro atoms. The van der Waals surface area contributed by atoms with Gasteiger partial charge in [-0.1, -0.05) is 13.0 Å². The van der Waals surface area contributed by atoms with Crippen LogP contribution in [-0.2, 0) is 22.9 Å². The number of fused-ring (bicyclic) bond motifs is 2. The first kappa shape index (κ1) is 19.3. The zero-order chi connectivity index (χ0) is 21.0. The number of carbonyl (C=O) groups excluding carboxylic acids is 1. The molecule has 3 aliphatic rings. The number of amides is 1. The number of hydrogen-bond donors (Lipinski definition) is 2. The van der Waals surface area contributed by atoms with Crippen LogP contribution in [0.15, 0.2) is 24.3 Å². The number of aryl methyl sites for hydroxylation is 2. The van der Waals surface area contributed by atoms with Crippen LogP contribution in [0.25, 0.3) is 5.57 Å². The van der Waals surface area contributed by atoms with Crippen molar-refractivity contribution >= 4 is 23.0 Å². The molecule has 30 heavy (non-hydrogen) atoms. The van der Waals surface area contributed by atoms with E-state index in [1.54, 1.807) is 19.2 Å². The Balaban J connectivity index is 1.42. The van der Waals surface area contributed by atoms with E-state index in [1.165, 1.54) is 10.7 Å². The molecule has 1 saturated heterocycles. The van der Waals surface area contributed by atoms with E-state index in [-0.39, 0.29) is 17.6 Å². The molecule has 2 atom stereocenters. The number of nitrogens with two attached hydrogens (primary N) is 1. The molecule has 5 rings (SSSR count). The van der Waals surface area contributed by atoms with Crippen molar-refractivity contribution in [2.75, 3.05) is 24.3 Å². The topological polar surface area (TPSA) is 91.4 Å². The molecule has 2 unspecified atom stereocenters. The van der Waals surface area contributed by atoms with Crippen LogP contribution in [0.4, 0.5) is 15.9 Å². The molecule has 1 aromatic heterocycles. The predicted octanol–water partition coefficient (Wildman–Crippen LogP) is 3.12. The largest absolute Gasteiger partial charge is 0.383 e. The molecule has 2 fully saturated rings. The second kappa shape index (κ2) is 6.92. The number of hydrogen-bond acceptors (Lipinski definition) is 5. The lowest BCUT2D eigenvalue weighted by atomic mass is 9.69. The van der Waals surface area contributed by atoms with E-state index in [9.17, 15) is 9.18 Å². The number of rotatable bonds is 4. The lowest BCUT2D eigenvalue weighted by Crippen LogP contribution is -2.52. The molecule has 3 N–H and O–H groups in total. The van der Waals surface area contributed by atoms with Gasteiger partial charge in [-0.2, -0.15) is 5.10 Å². The average Bonchev–Trinajstić information content (AvgIpc) is 3.41. The van der Waals surface area contributed by atoms with Crippen LogP contribution in [0.2, 0.25) is 0 Å². The Morgan fingerprint density at radius 3 is 2.90 bits per heavy atom. The minimum Gasteiger partial charge on any atom is -0.383 e. The summed E-state index contributed by atoms with van der Waals surface area (Å²) >= 11 is 0. The lowest BCUT2D eigenvalue weighted by molar-refractivity contribution is -0.262. The van der Waals surface area contributed by atoms with Gasteiger partial charge in [0.05, 0.1) is 13.2 Å². The van der Waals surface area contributed by atoms with Crippen molar-refractivity contribution in [3.63, 3.8) is 0 Å². The molecular formula is C22H25FN4O3. The van der Waals surface area contributed by atoms with Crippen molar-refractivity contribution in [1.29, 1.82) is 0 Å². The third-order valence-corrected chi connectivity index (χ3v) is 6.54. The Morgan fingerprint density at radius 1 is 1.40 bits per heavy atom. The maximum absolute atomic E-state index is 13.8. The maximum Gasteiger partial charge on any atom is 0.261 e. The van der Waals surface area contributed by atoms with Crippen molar-refractivity contribution in [3.8, 4) is 0 Å². The number of aromatic nitrogens is 2. The van der Waals surface area contributed by atoms with Gasteiger partial charge in [-0.15, -0.1) is 0 Å². The number of nitrogen functional groups attached to an aromatic ring is 1. The van der Waals surface area contributed by atoms with E-state index in [0.717, 1.165) is 18.4 Å². The molecule has 7 nitrogen and oxygen atoms in total. The molecule has 2 aromatic rings. The summed E-state index contributed by atoms with van der Waals surface area (Å²) in [6.07, 6.45) is 4.28. The Labute approximate surface area is 174 Å². The van der Waals surface area contributed by atoms with Crippen molar-refractivity contribution in [2.45, 2.75) is 32.0 Å². The highest BCUT2D eigenvalue weighted by molar-refractivity contribution is 6.10. The van der Waals surface area contributed by atoms with Crippen LogP contribution < -0.4 is 11.1 Å². The van der Waals surface area contributed by atoms with Gasteiger partial charge >= 0.3 is 0 Å². The number of benzene rings is 1. The summed E-state index contributed by atoms with van der Waals surface area (Å²) in [4.78, 5) is 13.1. The standard InChI is InChI=1S/C22H25FN4O3/c1-3-12-9-15(4-5-17(12)23)25-21(28)18-19(26-27(2)20(18)24)13-8-14-11-22(16(14)10-13)29-6-7-30-22/h4-5,8-9,14,16H,3,6-7,10-11,24H2,1-2H3,(H,25,28). The first-order valence-electron chi connectivity index (χ1n) is 10.3. The third kappa shape index (κ3) is 2.86. The van der Waals surface area contributed by atoms with Gasteiger partial charge in [-0.3, -0.25) is 9.48 Å². The quantitative estimate of drug-likeness (QED) is 0.805. The van der Waals surface area contributed by atoms with Crippen LogP contribution in [0, 0.1) is 17.7 Å². The Morgan fingerprint density at radius 2 is 2.17 bits per heavy atom. The van der Waals surface area contributed by atoms with Crippen LogP contribution in [0.3, 0.4) is 0 Å². The number of nitrogens with one attached hydrogen (secondary N) is 1.